The first-order valence-corrected chi connectivity index (χ1v) is 12.4. The van der Waals surface area contributed by atoms with Crippen LogP contribution in [0, 0.1) is 5.82 Å². The minimum atomic E-state index is -5.32. The lowest BCUT2D eigenvalue weighted by molar-refractivity contribution is -0.140. The molecular weight excluding hydrogens is 595 g/mol. The van der Waals surface area contributed by atoms with Crippen molar-refractivity contribution < 1.29 is 55.7 Å². The summed E-state index contributed by atoms with van der Waals surface area (Å²) in [6, 6.07) is 7.22. The van der Waals surface area contributed by atoms with Crippen molar-refractivity contribution in [1.29, 1.82) is 0 Å². The molecule has 2 N–H and O–H groups in total. The summed E-state index contributed by atoms with van der Waals surface area (Å²) >= 11 is 5.77. The number of methoxy groups -OCH3 is 1. The number of benzene rings is 2. The summed E-state index contributed by atoms with van der Waals surface area (Å²) in [5, 5.41) is 11.4. The monoisotopic (exact) mass is 614 g/mol. The molecule has 2 aromatic rings. The van der Waals surface area contributed by atoms with Gasteiger partial charge in [-0.3, -0.25) is 14.5 Å². The van der Waals surface area contributed by atoms with Crippen LogP contribution in [0.15, 0.2) is 58.9 Å². The molecule has 1 atom stereocenters. The fraction of sp³-hybridized carbons (Fsp3) is 0.259. The number of hydrogen-bond acceptors (Lipinski definition) is 7. The van der Waals surface area contributed by atoms with Crippen LogP contribution in [0.5, 0.6) is 0 Å². The van der Waals surface area contributed by atoms with Crippen molar-refractivity contribution in [3.8, 4) is 0 Å². The highest BCUT2D eigenvalue weighted by atomic mass is 35.5. The van der Waals surface area contributed by atoms with Crippen LogP contribution < -0.4 is 5.32 Å². The number of halogens is 6. The van der Waals surface area contributed by atoms with Crippen LogP contribution in [0.3, 0.4) is 0 Å². The lowest BCUT2D eigenvalue weighted by atomic mass is 9.78. The Morgan fingerprint density at radius 2 is 1.67 bits per heavy atom. The third kappa shape index (κ3) is 5.46. The molecule has 15 heteroatoms. The number of esters is 1. The highest BCUT2D eigenvalue weighted by Crippen LogP contribution is 2.47. The van der Waals surface area contributed by atoms with Gasteiger partial charge >= 0.3 is 18.1 Å². The van der Waals surface area contributed by atoms with Crippen molar-refractivity contribution in [2.24, 2.45) is 0 Å². The first-order chi connectivity index (χ1) is 19.8. The van der Waals surface area contributed by atoms with Gasteiger partial charge in [0.15, 0.2) is 0 Å². The molecule has 9 nitrogen and oxygen atoms in total. The zero-order chi connectivity index (χ0) is 30.9. The smallest absolute Gasteiger partial charge is 0.418 e. The molecule has 0 aromatic heterocycles. The first kappa shape index (κ1) is 30.7. The molecule has 1 unspecified atom stereocenters. The molecule has 2 aliphatic heterocycles. The van der Waals surface area contributed by atoms with Gasteiger partial charge in [0.25, 0.3) is 11.8 Å². The van der Waals surface area contributed by atoms with E-state index in [1.165, 1.54) is 12.1 Å². The van der Waals surface area contributed by atoms with E-state index >= 15 is 4.39 Å². The summed E-state index contributed by atoms with van der Waals surface area (Å²) < 4.78 is 81.7. The summed E-state index contributed by atoms with van der Waals surface area (Å²) in [4.78, 5) is 51.1. The number of carbonyl (C=O) groups excluding carboxylic acids is 3. The molecule has 0 saturated carbocycles. The van der Waals surface area contributed by atoms with Crippen LogP contribution in [0.4, 0.5) is 22.0 Å². The SMILES string of the molecule is COC(=O)C1=C(CF)NC(COCCN2C(=O)c3ccccc3C2=O)=C(C(=O)O)C1c1c(F)ccc(Cl)c1C(F)(F)F. The molecule has 0 aliphatic carbocycles. The summed E-state index contributed by atoms with van der Waals surface area (Å²) in [5.41, 5.74) is -5.84. The van der Waals surface area contributed by atoms with Crippen LogP contribution in [-0.2, 0) is 25.2 Å². The van der Waals surface area contributed by atoms with E-state index in [2.05, 4.69) is 10.1 Å². The van der Waals surface area contributed by atoms with E-state index in [9.17, 15) is 41.8 Å². The average Bonchev–Trinajstić information content (AvgIpc) is 3.19. The summed E-state index contributed by atoms with van der Waals surface area (Å²) in [7, 11) is 0.823. The number of carboxylic acid groups (broad SMARTS) is 1. The fourth-order valence-electron chi connectivity index (χ4n) is 4.83. The van der Waals surface area contributed by atoms with Gasteiger partial charge in [0.05, 0.1) is 77.0 Å². The lowest BCUT2D eigenvalue weighted by Gasteiger charge is -2.32. The molecule has 0 fully saturated rings. The quantitative estimate of drug-likeness (QED) is 0.186. The molecule has 0 saturated heterocycles. The lowest BCUT2D eigenvalue weighted by Crippen LogP contribution is -2.37. The largest absolute Gasteiger partial charge is 0.478 e. The Morgan fingerprint density at radius 1 is 1.05 bits per heavy atom. The van der Waals surface area contributed by atoms with E-state index in [1.807, 2.05) is 0 Å². The van der Waals surface area contributed by atoms with E-state index in [0.29, 0.717) is 12.1 Å². The number of nitrogens with zero attached hydrogens (tertiary/aromatic N) is 1. The average molecular weight is 615 g/mol. The second-order valence-electron chi connectivity index (χ2n) is 8.95. The number of alkyl halides is 4. The van der Waals surface area contributed by atoms with Crippen molar-refractivity contribution in [1.82, 2.24) is 10.2 Å². The van der Waals surface area contributed by atoms with Gasteiger partial charge in [-0.05, 0) is 24.3 Å². The molecule has 2 aliphatic rings. The minimum absolute atomic E-state index is 0.173. The molecule has 0 radical (unpaired) electrons. The van der Waals surface area contributed by atoms with Gasteiger partial charge in [0, 0.05) is 5.56 Å². The van der Waals surface area contributed by atoms with E-state index in [0.717, 1.165) is 12.0 Å². The number of hydrogen-bond donors (Lipinski definition) is 2. The number of ether oxygens (including phenoxy) is 2. The molecule has 222 valence electrons. The molecule has 0 spiro atoms. The molecule has 2 aromatic carbocycles. The number of rotatable bonds is 9. The predicted molar refractivity (Wildman–Crippen MR) is 135 cm³/mol. The topological polar surface area (TPSA) is 122 Å². The van der Waals surface area contributed by atoms with Gasteiger partial charge in [0.2, 0.25) is 0 Å². The van der Waals surface area contributed by atoms with Crippen LogP contribution in [0.1, 0.15) is 37.8 Å². The third-order valence-electron chi connectivity index (χ3n) is 6.60. The summed E-state index contributed by atoms with van der Waals surface area (Å²) in [6.07, 6.45) is -5.32. The number of allylic oxidation sites excluding steroid dienone is 1. The maximum atomic E-state index is 15.2. The number of amides is 2. The molecular formula is C27H20ClF5N2O7. The zero-order valence-electron chi connectivity index (χ0n) is 21.5. The minimum Gasteiger partial charge on any atom is -0.478 e. The number of nitrogens with one attached hydrogen (secondary N) is 1. The molecule has 2 amide bonds. The van der Waals surface area contributed by atoms with Gasteiger partial charge in [-0.25, -0.2) is 18.4 Å². The van der Waals surface area contributed by atoms with Crippen molar-refractivity contribution in [3.63, 3.8) is 0 Å². The number of aliphatic carboxylic acids is 1. The fourth-order valence-corrected chi connectivity index (χ4v) is 5.10. The van der Waals surface area contributed by atoms with Crippen molar-refractivity contribution in [2.45, 2.75) is 12.1 Å². The van der Waals surface area contributed by atoms with Gasteiger partial charge in [-0.1, -0.05) is 23.7 Å². The number of carboxylic acids is 1. The van der Waals surface area contributed by atoms with Gasteiger partial charge in [-0.2, -0.15) is 13.2 Å². The normalized spacial score (nSPS) is 17.0. The second kappa shape index (κ2) is 11.9. The van der Waals surface area contributed by atoms with E-state index in [-0.39, 0.29) is 24.3 Å². The second-order valence-corrected chi connectivity index (χ2v) is 9.36. The maximum Gasteiger partial charge on any atom is 0.418 e. The highest BCUT2D eigenvalue weighted by Gasteiger charge is 2.47. The number of fused-ring (bicyclic) bond motifs is 1. The van der Waals surface area contributed by atoms with E-state index < -0.39 is 93.6 Å². The van der Waals surface area contributed by atoms with Crippen LogP contribution in [0.2, 0.25) is 5.02 Å². The van der Waals surface area contributed by atoms with Crippen molar-refractivity contribution in [2.75, 3.05) is 33.5 Å². The van der Waals surface area contributed by atoms with E-state index in [4.69, 9.17) is 16.3 Å². The van der Waals surface area contributed by atoms with Crippen molar-refractivity contribution in [3.05, 3.63) is 92.0 Å². The third-order valence-corrected chi connectivity index (χ3v) is 6.91. The maximum absolute atomic E-state index is 15.2. The van der Waals surface area contributed by atoms with E-state index in [1.54, 1.807) is 12.1 Å². The first-order valence-electron chi connectivity index (χ1n) is 12.0. The standard InChI is InChI=1S/C27H20ClF5N2O7/c1-41-26(40)20-16(10-29)34-17(11-42-9-8-35-23(36)12-4-2-3-5-13(12)24(35)37)19(25(38)39)21(20)18-15(30)7-6-14(28)22(18)27(31,32)33/h2-7,21,34H,8-11H2,1H3,(H,38,39). The Hall–Kier alpha value is -4.30. The van der Waals surface area contributed by atoms with Gasteiger partial charge in [-0.15, -0.1) is 0 Å². The van der Waals surface area contributed by atoms with Crippen LogP contribution in [-0.4, -0.2) is 67.3 Å². The summed E-state index contributed by atoms with van der Waals surface area (Å²) in [5.74, 6) is -8.39. The number of dihydropyridines is 1. The Bertz CT molecular complexity index is 1520. The molecule has 42 heavy (non-hydrogen) atoms. The Labute approximate surface area is 239 Å². The number of imide groups is 1. The highest BCUT2D eigenvalue weighted by molar-refractivity contribution is 6.31. The van der Waals surface area contributed by atoms with Crippen LogP contribution in [0.25, 0.3) is 0 Å². The molecule has 2 heterocycles. The predicted octanol–water partition coefficient (Wildman–Crippen LogP) is 4.23. The zero-order valence-corrected chi connectivity index (χ0v) is 22.2. The number of carbonyl (C=O) groups is 4. The molecule has 0 bridgehead atoms. The Balaban J connectivity index is 1.73. The molecule has 4 rings (SSSR count). The van der Waals surface area contributed by atoms with Crippen LogP contribution >= 0.6 is 11.6 Å². The summed E-state index contributed by atoms with van der Waals surface area (Å²) in [6.45, 7) is -2.91. The Kier molecular flexibility index (Phi) is 8.68. The van der Waals surface area contributed by atoms with Gasteiger partial charge in [0.1, 0.15) is 12.5 Å². The van der Waals surface area contributed by atoms with Crippen molar-refractivity contribution >= 4 is 35.4 Å². The Morgan fingerprint density at radius 3 is 2.19 bits per heavy atom. The van der Waals surface area contributed by atoms with Gasteiger partial charge < -0.3 is 19.9 Å².